The van der Waals surface area contributed by atoms with Crippen LogP contribution in [0.3, 0.4) is 0 Å². The van der Waals surface area contributed by atoms with E-state index in [-0.39, 0.29) is 18.8 Å². The van der Waals surface area contributed by atoms with Crippen LogP contribution in [0.15, 0.2) is 30.3 Å². The van der Waals surface area contributed by atoms with Crippen molar-refractivity contribution in [2.45, 2.75) is 25.4 Å². The van der Waals surface area contributed by atoms with Gasteiger partial charge in [-0.3, -0.25) is 0 Å². The zero-order valence-electron chi connectivity index (χ0n) is 9.29. The van der Waals surface area contributed by atoms with E-state index in [0.29, 0.717) is 5.56 Å². The molecule has 0 radical (unpaired) electrons. The van der Waals surface area contributed by atoms with Crippen molar-refractivity contribution in [2.24, 2.45) is 5.73 Å². The van der Waals surface area contributed by atoms with Gasteiger partial charge in [0, 0.05) is 0 Å². The molecule has 1 aromatic carbocycles. The molecule has 1 rings (SSSR count). The van der Waals surface area contributed by atoms with Crippen LogP contribution in [-0.2, 0) is 0 Å². The van der Waals surface area contributed by atoms with Crippen LogP contribution in [-0.4, -0.2) is 13.2 Å². The number of hydrogen-bond acceptors (Lipinski definition) is 1. The van der Waals surface area contributed by atoms with Gasteiger partial charge in [-0.2, -0.15) is 13.2 Å². The maximum absolute atomic E-state index is 12.4. The lowest BCUT2D eigenvalue weighted by molar-refractivity contribution is -0.151. The zero-order valence-corrected chi connectivity index (χ0v) is 10.1. The minimum absolute atomic E-state index is 0. The Morgan fingerprint density at radius 1 is 1.12 bits per heavy atom. The summed E-state index contributed by atoms with van der Waals surface area (Å²) in [5, 5.41) is 0. The van der Waals surface area contributed by atoms with Gasteiger partial charge in [0.25, 0.3) is 0 Å². The van der Waals surface area contributed by atoms with Crippen molar-refractivity contribution >= 4 is 12.4 Å². The summed E-state index contributed by atoms with van der Waals surface area (Å²) in [6.07, 6.45) is -4.04. The highest BCUT2D eigenvalue weighted by atomic mass is 35.5. The zero-order chi connectivity index (χ0) is 11.9. The minimum Gasteiger partial charge on any atom is -0.333 e. The van der Waals surface area contributed by atoms with E-state index >= 15 is 0 Å². The number of halogens is 4. The number of alkyl halides is 3. The summed E-state index contributed by atoms with van der Waals surface area (Å²) < 4.78 is 37.2. The molecule has 16 heavy (non-hydrogen) atoms. The number of nitrogens with two attached hydrogens (primary N) is 1. The molecular formula is C11H17ClF3N. The summed E-state index contributed by atoms with van der Waals surface area (Å²) in [4.78, 5) is 0. The Kier molecular flexibility index (Phi) is 9.28. The normalized spacial score (nSPS) is 11.9. The fraction of sp³-hybridized carbons (Fsp3) is 0.455. The highest BCUT2D eigenvalue weighted by Gasteiger charge is 2.38. The summed E-state index contributed by atoms with van der Waals surface area (Å²) in [6.45, 7) is 1.55. The van der Waals surface area contributed by atoms with Crippen molar-refractivity contribution in [2.75, 3.05) is 7.05 Å². The molecule has 0 aliphatic heterocycles. The topological polar surface area (TPSA) is 26.0 Å². The Hall–Kier alpha value is -0.740. The highest BCUT2D eigenvalue weighted by Crippen LogP contribution is 2.36. The standard InChI is InChI=1S/C10H11F3.CH5N.ClH/c1-2-9(10(11,12)13)8-6-4-3-5-7-8;1-2;/h3-7,9H,2H2,1H3;2H2,1H3;1H. The van der Waals surface area contributed by atoms with Crippen LogP contribution >= 0.6 is 12.4 Å². The first-order chi connectivity index (χ1) is 7.05. The maximum Gasteiger partial charge on any atom is 0.395 e. The van der Waals surface area contributed by atoms with Gasteiger partial charge in [-0.1, -0.05) is 37.3 Å². The van der Waals surface area contributed by atoms with E-state index in [2.05, 4.69) is 5.73 Å². The summed E-state index contributed by atoms with van der Waals surface area (Å²) >= 11 is 0. The van der Waals surface area contributed by atoms with Crippen LogP contribution < -0.4 is 5.73 Å². The van der Waals surface area contributed by atoms with Crippen LogP contribution in [0.4, 0.5) is 13.2 Å². The van der Waals surface area contributed by atoms with E-state index in [4.69, 9.17) is 0 Å². The van der Waals surface area contributed by atoms with Crippen LogP contribution in [0, 0.1) is 0 Å². The predicted octanol–water partition coefficient (Wildman–Crippen LogP) is 3.74. The van der Waals surface area contributed by atoms with Gasteiger partial charge in [-0.05, 0) is 19.0 Å². The second-order valence-electron chi connectivity index (χ2n) is 2.91. The fourth-order valence-electron chi connectivity index (χ4n) is 1.34. The Morgan fingerprint density at radius 3 is 1.88 bits per heavy atom. The molecule has 0 fully saturated rings. The van der Waals surface area contributed by atoms with Gasteiger partial charge in [-0.25, -0.2) is 0 Å². The molecule has 0 saturated carbocycles. The lowest BCUT2D eigenvalue weighted by Gasteiger charge is -2.18. The predicted molar refractivity (Wildman–Crippen MR) is 62.9 cm³/mol. The monoisotopic (exact) mass is 255 g/mol. The minimum atomic E-state index is -4.13. The van der Waals surface area contributed by atoms with E-state index in [1.807, 2.05) is 0 Å². The molecular weight excluding hydrogens is 239 g/mol. The third kappa shape index (κ3) is 5.37. The molecule has 0 saturated heterocycles. The smallest absolute Gasteiger partial charge is 0.333 e. The van der Waals surface area contributed by atoms with Gasteiger partial charge < -0.3 is 5.73 Å². The van der Waals surface area contributed by atoms with E-state index in [9.17, 15) is 13.2 Å². The fourth-order valence-corrected chi connectivity index (χ4v) is 1.34. The van der Waals surface area contributed by atoms with Crippen LogP contribution in [0.2, 0.25) is 0 Å². The van der Waals surface area contributed by atoms with E-state index in [1.54, 1.807) is 25.1 Å². The van der Waals surface area contributed by atoms with Gasteiger partial charge in [0.2, 0.25) is 0 Å². The molecule has 0 aromatic heterocycles. The summed E-state index contributed by atoms with van der Waals surface area (Å²) in [7, 11) is 1.50. The first kappa shape index (κ1) is 17.6. The molecule has 0 aliphatic rings. The Morgan fingerprint density at radius 2 is 1.56 bits per heavy atom. The molecule has 1 nitrogen and oxygen atoms in total. The van der Waals surface area contributed by atoms with Crippen LogP contribution in [0.5, 0.6) is 0 Å². The number of rotatable bonds is 2. The van der Waals surface area contributed by atoms with Crippen molar-refractivity contribution in [3.05, 3.63) is 35.9 Å². The van der Waals surface area contributed by atoms with Crippen molar-refractivity contribution in [1.29, 1.82) is 0 Å². The molecule has 0 aliphatic carbocycles. The van der Waals surface area contributed by atoms with Gasteiger partial charge in [0.15, 0.2) is 0 Å². The molecule has 1 atom stereocenters. The average Bonchev–Trinajstić information content (AvgIpc) is 2.21. The summed E-state index contributed by atoms with van der Waals surface area (Å²) in [5.41, 5.74) is 4.84. The van der Waals surface area contributed by atoms with Crippen LogP contribution in [0.25, 0.3) is 0 Å². The third-order valence-electron chi connectivity index (χ3n) is 2.01. The van der Waals surface area contributed by atoms with E-state index in [0.717, 1.165) is 0 Å². The lowest BCUT2D eigenvalue weighted by Crippen LogP contribution is -2.19. The molecule has 0 spiro atoms. The molecule has 94 valence electrons. The summed E-state index contributed by atoms with van der Waals surface area (Å²) in [6, 6.07) is 8.00. The second-order valence-corrected chi connectivity index (χ2v) is 2.91. The van der Waals surface area contributed by atoms with Crippen molar-refractivity contribution in [3.8, 4) is 0 Å². The quantitative estimate of drug-likeness (QED) is 0.856. The van der Waals surface area contributed by atoms with Gasteiger partial charge in [0.1, 0.15) is 0 Å². The first-order valence-electron chi connectivity index (χ1n) is 4.75. The van der Waals surface area contributed by atoms with Gasteiger partial charge in [0.05, 0.1) is 5.92 Å². The Labute approximate surface area is 100 Å². The highest BCUT2D eigenvalue weighted by molar-refractivity contribution is 5.85. The molecule has 2 N–H and O–H groups in total. The molecule has 0 bridgehead atoms. The maximum atomic E-state index is 12.4. The Balaban J connectivity index is 0. The summed E-state index contributed by atoms with van der Waals surface area (Å²) in [5.74, 6) is -1.33. The van der Waals surface area contributed by atoms with Crippen molar-refractivity contribution in [1.82, 2.24) is 0 Å². The molecule has 0 amide bonds. The van der Waals surface area contributed by atoms with Crippen molar-refractivity contribution in [3.63, 3.8) is 0 Å². The lowest BCUT2D eigenvalue weighted by atomic mass is 9.96. The molecule has 5 heteroatoms. The SMILES string of the molecule is CCC(c1ccccc1)C(F)(F)F.CN.Cl. The molecule has 1 unspecified atom stereocenters. The van der Waals surface area contributed by atoms with Gasteiger partial charge >= 0.3 is 6.18 Å². The van der Waals surface area contributed by atoms with Crippen molar-refractivity contribution < 1.29 is 13.2 Å². The second kappa shape index (κ2) is 8.42. The average molecular weight is 256 g/mol. The third-order valence-corrected chi connectivity index (χ3v) is 2.01. The van der Waals surface area contributed by atoms with E-state index < -0.39 is 12.1 Å². The van der Waals surface area contributed by atoms with Crippen LogP contribution in [0.1, 0.15) is 24.8 Å². The van der Waals surface area contributed by atoms with E-state index in [1.165, 1.54) is 19.2 Å². The largest absolute Gasteiger partial charge is 0.395 e. The number of benzene rings is 1. The molecule has 1 aromatic rings. The number of hydrogen-bond donors (Lipinski definition) is 1. The van der Waals surface area contributed by atoms with Gasteiger partial charge in [-0.15, -0.1) is 12.4 Å². The Bertz CT molecular complexity index is 262. The first-order valence-corrected chi connectivity index (χ1v) is 4.75. The molecule has 0 heterocycles.